The number of amides is 4. The summed E-state index contributed by atoms with van der Waals surface area (Å²) < 4.78 is 5.02. The van der Waals surface area contributed by atoms with Gasteiger partial charge in [-0.2, -0.15) is 0 Å². The van der Waals surface area contributed by atoms with Crippen molar-refractivity contribution in [2.24, 2.45) is 0 Å². The number of carbonyl (C=O) groups excluding carboxylic acids is 4. The number of likely N-dealkylation sites (N-methyl/N-ethyl adjacent to an activating group) is 1. The van der Waals surface area contributed by atoms with Crippen LogP contribution in [-0.4, -0.2) is 114 Å². The highest BCUT2D eigenvalue weighted by Gasteiger charge is 2.46. The number of anilines is 4. The summed E-state index contributed by atoms with van der Waals surface area (Å²) in [5, 5.41) is 0. The SMILES string of the molecule is COCCN(C)C(=O)c1cnc(N2C(=O)C(C)(C)c3ccc(-c4cnc(C)nc4)cc32)cn1.Cc1ncc(-c2ccc3c(c2)N(c2cnc(C(=O)N4CCC4)cn2)C(=O)C3(C)C)cn1. The first-order valence-corrected chi connectivity index (χ1v) is 20.8. The monoisotopic (exact) mass is 860 g/mol. The lowest BCUT2D eigenvalue weighted by Gasteiger charge is -2.30. The van der Waals surface area contributed by atoms with Crippen molar-refractivity contribution in [3.8, 4) is 22.3 Å². The summed E-state index contributed by atoms with van der Waals surface area (Å²) in [6, 6.07) is 11.8. The van der Waals surface area contributed by atoms with E-state index in [2.05, 4.69) is 39.9 Å². The first-order chi connectivity index (χ1) is 30.6. The van der Waals surface area contributed by atoms with Crippen LogP contribution >= 0.6 is 0 Å². The number of nitrogens with zero attached hydrogens (tertiary/aromatic N) is 12. The van der Waals surface area contributed by atoms with Gasteiger partial charge in [-0.1, -0.05) is 24.3 Å². The Labute approximate surface area is 370 Å². The van der Waals surface area contributed by atoms with Gasteiger partial charge >= 0.3 is 0 Å². The molecule has 0 N–H and O–H groups in total. The molecule has 0 unspecified atom stereocenters. The highest BCUT2D eigenvalue weighted by molar-refractivity contribution is 6.13. The minimum atomic E-state index is -0.728. The van der Waals surface area contributed by atoms with Gasteiger partial charge in [0, 0.05) is 69.7 Å². The second kappa shape index (κ2) is 17.0. The van der Waals surface area contributed by atoms with Crippen molar-refractivity contribution in [1.29, 1.82) is 0 Å². The van der Waals surface area contributed by atoms with Gasteiger partial charge in [-0.25, -0.2) is 39.9 Å². The molecule has 7 heterocycles. The quantitative estimate of drug-likeness (QED) is 0.166. The van der Waals surface area contributed by atoms with E-state index in [4.69, 9.17) is 4.74 Å². The van der Waals surface area contributed by atoms with E-state index in [1.165, 1.54) is 29.7 Å². The Morgan fingerprint density at radius 1 is 0.625 bits per heavy atom. The Bertz CT molecular complexity index is 2760. The summed E-state index contributed by atoms with van der Waals surface area (Å²) in [4.78, 5) is 92.5. The highest BCUT2D eigenvalue weighted by Crippen LogP contribution is 2.47. The molecule has 0 spiro atoms. The number of ether oxygens (including phenoxy) is 1. The third-order valence-corrected chi connectivity index (χ3v) is 11.8. The van der Waals surface area contributed by atoms with Gasteiger partial charge in [0.1, 0.15) is 23.0 Å². The number of hydrogen-bond acceptors (Lipinski definition) is 13. The van der Waals surface area contributed by atoms with Gasteiger partial charge in [0.05, 0.1) is 53.6 Å². The van der Waals surface area contributed by atoms with Crippen LogP contribution in [0.1, 0.15) is 77.9 Å². The van der Waals surface area contributed by atoms with Crippen molar-refractivity contribution >= 4 is 46.6 Å². The van der Waals surface area contributed by atoms with Crippen LogP contribution in [0.15, 0.2) is 86.0 Å². The maximum Gasteiger partial charge on any atom is 0.274 e. The second-order valence-electron chi connectivity index (χ2n) is 16.9. The van der Waals surface area contributed by atoms with E-state index in [0.29, 0.717) is 42.1 Å². The van der Waals surface area contributed by atoms with Crippen LogP contribution in [0.2, 0.25) is 0 Å². The van der Waals surface area contributed by atoms with E-state index in [0.717, 1.165) is 64.3 Å². The molecule has 326 valence electrons. The van der Waals surface area contributed by atoms with Crippen LogP contribution in [-0.2, 0) is 25.2 Å². The van der Waals surface area contributed by atoms with E-state index in [1.54, 1.807) is 53.6 Å². The molecule has 4 aromatic heterocycles. The Kier molecular flexibility index (Phi) is 11.5. The summed E-state index contributed by atoms with van der Waals surface area (Å²) in [5.74, 6) is 1.56. The van der Waals surface area contributed by atoms with Crippen LogP contribution < -0.4 is 9.80 Å². The van der Waals surface area contributed by atoms with Gasteiger partial charge < -0.3 is 14.5 Å². The first kappa shape index (κ1) is 43.3. The van der Waals surface area contributed by atoms with Crippen LogP contribution in [0.5, 0.6) is 0 Å². The third kappa shape index (κ3) is 7.94. The highest BCUT2D eigenvalue weighted by atomic mass is 16.5. The van der Waals surface area contributed by atoms with Crippen molar-refractivity contribution in [3.63, 3.8) is 0 Å². The average molecular weight is 861 g/mol. The molecule has 0 atom stereocenters. The molecule has 4 amide bonds. The molecule has 17 nitrogen and oxygen atoms in total. The molecule has 3 aliphatic rings. The topological polar surface area (TPSA) is 194 Å². The van der Waals surface area contributed by atoms with Crippen molar-refractivity contribution < 1.29 is 23.9 Å². The lowest BCUT2D eigenvalue weighted by atomic mass is 9.85. The Morgan fingerprint density at radius 3 is 1.47 bits per heavy atom. The summed E-state index contributed by atoms with van der Waals surface area (Å²) in [6.07, 6.45) is 13.9. The summed E-state index contributed by atoms with van der Waals surface area (Å²) in [5.41, 5.74) is 5.88. The molecule has 9 rings (SSSR count). The van der Waals surface area contributed by atoms with Crippen molar-refractivity contribution in [3.05, 3.63) is 120 Å². The number of benzene rings is 2. The van der Waals surface area contributed by atoms with E-state index in [9.17, 15) is 19.2 Å². The zero-order chi connectivity index (χ0) is 45.5. The van der Waals surface area contributed by atoms with Crippen molar-refractivity contribution in [2.45, 2.75) is 58.8 Å². The molecule has 0 radical (unpaired) electrons. The van der Waals surface area contributed by atoms with Gasteiger partial charge in [-0.05, 0) is 82.3 Å². The lowest BCUT2D eigenvalue weighted by Crippen LogP contribution is -2.42. The van der Waals surface area contributed by atoms with Gasteiger partial charge in [-0.3, -0.25) is 29.0 Å². The number of aromatic nitrogens is 8. The van der Waals surface area contributed by atoms with Gasteiger partial charge in [-0.15, -0.1) is 0 Å². The molecule has 3 aliphatic heterocycles. The minimum Gasteiger partial charge on any atom is -0.383 e. The Morgan fingerprint density at radius 2 is 1.08 bits per heavy atom. The maximum atomic E-state index is 13.4. The molecule has 1 fully saturated rings. The molecule has 6 aromatic rings. The molecule has 2 aromatic carbocycles. The van der Waals surface area contributed by atoms with Gasteiger partial charge in [0.25, 0.3) is 11.8 Å². The fourth-order valence-electron chi connectivity index (χ4n) is 7.70. The van der Waals surface area contributed by atoms with E-state index >= 15 is 0 Å². The Hall–Kier alpha value is -7.40. The zero-order valence-corrected chi connectivity index (χ0v) is 37.0. The molecule has 17 heteroatoms. The fraction of sp³-hybridized carbons (Fsp3) is 0.319. The van der Waals surface area contributed by atoms with E-state index < -0.39 is 10.8 Å². The van der Waals surface area contributed by atoms with E-state index in [1.807, 2.05) is 77.9 Å². The smallest absolute Gasteiger partial charge is 0.274 e. The summed E-state index contributed by atoms with van der Waals surface area (Å²) >= 11 is 0. The van der Waals surface area contributed by atoms with Crippen LogP contribution in [0, 0.1) is 13.8 Å². The standard InChI is InChI=1S/C24H26N6O3.C23H22N6O2/c1-15-25-11-17(12-26-15)16-6-7-18-20(10-16)30(23(32)24(18,2)3)21-14-27-19(13-28-21)22(31)29(4)8-9-33-5;1-14-24-10-16(11-25-14)15-5-6-17-19(9-15)29(22(31)23(17,2)3)20-13-26-18(12-27-20)21(30)28-7-4-8-28/h6-7,10-14H,8-9H2,1-5H3;5-6,9-13H,4,7-8H2,1-3H3. The normalized spacial score (nSPS) is 15.5. The fourth-order valence-corrected chi connectivity index (χ4v) is 7.70. The van der Waals surface area contributed by atoms with Crippen molar-refractivity contribution in [1.82, 2.24) is 49.7 Å². The molecular formula is C47H48N12O5. The zero-order valence-electron chi connectivity index (χ0n) is 37.0. The average Bonchev–Trinajstić information content (AvgIpc) is 3.61. The Balaban J connectivity index is 0.000000175. The third-order valence-electron chi connectivity index (χ3n) is 11.8. The number of methoxy groups -OCH3 is 1. The molecular weight excluding hydrogens is 813 g/mol. The van der Waals surface area contributed by atoms with Gasteiger partial charge in [0.2, 0.25) is 11.8 Å². The number of carbonyl (C=O) groups is 4. The van der Waals surface area contributed by atoms with E-state index in [-0.39, 0.29) is 29.3 Å². The first-order valence-electron chi connectivity index (χ1n) is 20.8. The number of aryl methyl sites for hydroxylation is 2. The molecule has 0 bridgehead atoms. The molecule has 0 aliphatic carbocycles. The predicted molar refractivity (Wildman–Crippen MR) is 238 cm³/mol. The largest absolute Gasteiger partial charge is 0.383 e. The number of likely N-dealkylation sites (tertiary alicyclic amines) is 1. The van der Waals surface area contributed by atoms with Crippen molar-refractivity contribution in [2.75, 3.05) is 50.2 Å². The number of rotatable bonds is 9. The number of fused-ring (bicyclic) bond motifs is 2. The predicted octanol–water partition coefficient (Wildman–Crippen LogP) is 5.96. The van der Waals surface area contributed by atoms with Crippen LogP contribution in [0.4, 0.5) is 23.0 Å². The van der Waals surface area contributed by atoms with Crippen LogP contribution in [0.25, 0.3) is 22.3 Å². The molecule has 1 saturated heterocycles. The second-order valence-corrected chi connectivity index (χ2v) is 16.9. The lowest BCUT2D eigenvalue weighted by molar-refractivity contribution is -0.122. The summed E-state index contributed by atoms with van der Waals surface area (Å²) in [7, 11) is 3.26. The summed E-state index contributed by atoms with van der Waals surface area (Å²) in [6.45, 7) is 13.6. The number of hydrogen-bond donors (Lipinski definition) is 0. The van der Waals surface area contributed by atoms with Crippen LogP contribution in [0.3, 0.4) is 0 Å². The maximum absolute atomic E-state index is 13.4. The molecule has 64 heavy (non-hydrogen) atoms. The molecule has 0 saturated carbocycles. The van der Waals surface area contributed by atoms with Gasteiger partial charge in [0.15, 0.2) is 11.6 Å². The minimum absolute atomic E-state index is 0.0871.